The van der Waals surface area contributed by atoms with E-state index in [2.05, 4.69) is 40.7 Å². The third-order valence-corrected chi connectivity index (χ3v) is 11.0. The van der Waals surface area contributed by atoms with E-state index < -0.39 is 0 Å². The molecule has 0 saturated heterocycles. The second kappa shape index (κ2) is 9.69. The molecule has 0 aromatic rings. The summed E-state index contributed by atoms with van der Waals surface area (Å²) in [6, 6.07) is 0. The summed E-state index contributed by atoms with van der Waals surface area (Å²) in [6.45, 7) is 16.5. The highest BCUT2D eigenvalue weighted by Gasteiger charge is 2.59. The highest BCUT2D eigenvalue weighted by molar-refractivity contribution is 5.71. The van der Waals surface area contributed by atoms with Crippen LogP contribution in [0.5, 0.6) is 0 Å². The van der Waals surface area contributed by atoms with Gasteiger partial charge in [-0.2, -0.15) is 0 Å². The zero-order valence-electron chi connectivity index (χ0n) is 22.8. The van der Waals surface area contributed by atoms with Crippen LogP contribution in [0.3, 0.4) is 0 Å². The first kappa shape index (κ1) is 25.3. The minimum atomic E-state index is -0.0258. The Morgan fingerprint density at radius 2 is 1.76 bits per heavy atom. The Kier molecular flexibility index (Phi) is 7.43. The van der Waals surface area contributed by atoms with Crippen molar-refractivity contribution >= 4 is 5.97 Å². The molecular formula is C31H52O2. The Morgan fingerprint density at radius 3 is 2.45 bits per heavy atom. The Labute approximate surface area is 204 Å². The fourth-order valence-corrected chi connectivity index (χ4v) is 9.05. The first-order valence-corrected chi connectivity index (χ1v) is 14.5. The van der Waals surface area contributed by atoms with Crippen molar-refractivity contribution in [3.05, 3.63) is 11.6 Å². The van der Waals surface area contributed by atoms with Gasteiger partial charge in [0.25, 0.3) is 0 Å². The lowest BCUT2D eigenvalue weighted by molar-refractivity contribution is -0.155. The van der Waals surface area contributed by atoms with Crippen molar-refractivity contribution in [3.8, 4) is 0 Å². The molecule has 0 N–H and O–H groups in total. The van der Waals surface area contributed by atoms with Crippen molar-refractivity contribution in [2.75, 3.05) is 0 Å². The van der Waals surface area contributed by atoms with E-state index in [0.29, 0.717) is 10.8 Å². The second-order valence-corrected chi connectivity index (χ2v) is 13.7. The van der Waals surface area contributed by atoms with Crippen LogP contribution in [0.2, 0.25) is 0 Å². The normalized spacial score (nSPS) is 41.2. The predicted octanol–water partition coefficient (Wildman–Crippen LogP) is 8.60. The number of carbonyl (C=O) groups excluding carboxylic acids is 1. The molecule has 2 nitrogen and oxygen atoms in total. The fraction of sp³-hybridized carbons (Fsp3) is 0.903. The van der Waals surface area contributed by atoms with E-state index in [1.807, 2.05) is 13.8 Å². The lowest BCUT2D eigenvalue weighted by Crippen LogP contribution is -2.51. The zero-order chi connectivity index (χ0) is 24.0. The summed E-state index contributed by atoms with van der Waals surface area (Å²) < 4.78 is 5.88. The van der Waals surface area contributed by atoms with Crippen molar-refractivity contribution in [2.24, 2.45) is 52.3 Å². The van der Waals surface area contributed by atoms with E-state index in [4.69, 9.17) is 4.74 Å². The Morgan fingerprint density at radius 1 is 1.00 bits per heavy atom. The monoisotopic (exact) mass is 456 g/mol. The van der Waals surface area contributed by atoms with Gasteiger partial charge in [0.2, 0.25) is 0 Å². The molecular weight excluding hydrogens is 404 g/mol. The third kappa shape index (κ3) is 4.71. The first-order valence-electron chi connectivity index (χ1n) is 14.5. The summed E-state index contributed by atoms with van der Waals surface area (Å²) in [5.74, 6) is 5.24. The summed E-state index contributed by atoms with van der Waals surface area (Å²) in [4.78, 5) is 12.2. The quantitative estimate of drug-likeness (QED) is 0.283. The predicted molar refractivity (Wildman–Crippen MR) is 138 cm³/mol. The molecule has 2 heteroatoms. The zero-order valence-corrected chi connectivity index (χ0v) is 22.8. The molecule has 0 aliphatic heterocycles. The average molecular weight is 457 g/mol. The van der Waals surface area contributed by atoms with Crippen molar-refractivity contribution in [1.82, 2.24) is 0 Å². The fourth-order valence-electron chi connectivity index (χ4n) is 9.05. The van der Waals surface area contributed by atoms with Crippen LogP contribution in [0, 0.1) is 52.3 Å². The van der Waals surface area contributed by atoms with E-state index in [1.54, 1.807) is 5.57 Å². The van der Waals surface area contributed by atoms with Crippen LogP contribution in [-0.2, 0) is 9.53 Å². The first-order chi connectivity index (χ1) is 15.6. The van der Waals surface area contributed by atoms with Crippen LogP contribution < -0.4 is 0 Å². The van der Waals surface area contributed by atoms with Crippen molar-refractivity contribution in [3.63, 3.8) is 0 Å². The number of esters is 1. The Balaban J connectivity index is 1.45. The van der Waals surface area contributed by atoms with Gasteiger partial charge in [0.05, 0.1) is 5.92 Å². The number of hydrogen-bond donors (Lipinski definition) is 0. The van der Waals surface area contributed by atoms with E-state index in [0.717, 1.165) is 48.3 Å². The maximum absolute atomic E-state index is 12.2. The summed E-state index contributed by atoms with van der Waals surface area (Å²) in [5, 5.41) is 0. The molecule has 3 saturated carbocycles. The molecule has 0 spiro atoms. The Hall–Kier alpha value is -0.790. The minimum Gasteiger partial charge on any atom is -0.462 e. The van der Waals surface area contributed by atoms with Gasteiger partial charge in [0, 0.05) is 6.42 Å². The van der Waals surface area contributed by atoms with Crippen molar-refractivity contribution in [2.45, 2.75) is 125 Å². The highest BCUT2D eigenvalue weighted by atomic mass is 16.5. The molecule has 5 unspecified atom stereocenters. The van der Waals surface area contributed by atoms with Gasteiger partial charge in [-0.1, -0.05) is 79.4 Å². The number of carbonyl (C=O) groups is 1. The number of fused-ring (bicyclic) bond motifs is 5. The minimum absolute atomic E-state index is 0.0224. The molecule has 4 aliphatic carbocycles. The van der Waals surface area contributed by atoms with Crippen LogP contribution in [0.15, 0.2) is 11.6 Å². The molecule has 4 rings (SSSR count). The van der Waals surface area contributed by atoms with Crippen LogP contribution in [0.4, 0.5) is 0 Å². The molecule has 3 fully saturated rings. The largest absolute Gasteiger partial charge is 0.462 e. The molecule has 0 aromatic heterocycles. The molecule has 0 heterocycles. The van der Waals surface area contributed by atoms with Gasteiger partial charge in [0.15, 0.2) is 0 Å². The molecule has 0 amide bonds. The van der Waals surface area contributed by atoms with Crippen LogP contribution >= 0.6 is 0 Å². The summed E-state index contributed by atoms with van der Waals surface area (Å²) >= 11 is 0. The SMILES string of the molecule is CC(C)CCCC(C)[C@H]1CCC2C3CC=C4C[C@@H](OC(=O)C(C)C)CC[C@]4(C)C3CCC21C. The molecule has 0 bridgehead atoms. The van der Waals surface area contributed by atoms with Gasteiger partial charge in [-0.3, -0.25) is 4.79 Å². The lowest BCUT2D eigenvalue weighted by atomic mass is 9.47. The molecule has 4 aliphatic rings. The maximum Gasteiger partial charge on any atom is 0.308 e. The molecule has 8 atom stereocenters. The van der Waals surface area contributed by atoms with Gasteiger partial charge in [-0.25, -0.2) is 0 Å². The lowest BCUT2D eigenvalue weighted by Gasteiger charge is -2.58. The summed E-state index contributed by atoms with van der Waals surface area (Å²) in [7, 11) is 0. The van der Waals surface area contributed by atoms with Gasteiger partial charge < -0.3 is 4.74 Å². The standard InChI is InChI=1S/C31H52O2/c1-20(2)9-8-10-22(5)26-13-14-27-25-12-11-23-19-24(33-29(32)21(3)4)15-17-30(23,6)28(25)16-18-31(26,27)7/h11,20-22,24-28H,8-10,12-19H2,1-7H3/t22?,24-,25?,26+,27?,28?,30-,31?/m0/s1. The second-order valence-electron chi connectivity index (χ2n) is 13.7. The van der Waals surface area contributed by atoms with Crippen molar-refractivity contribution in [1.29, 1.82) is 0 Å². The Bertz CT molecular complexity index is 735. The van der Waals surface area contributed by atoms with E-state index >= 15 is 0 Å². The van der Waals surface area contributed by atoms with Crippen LogP contribution in [0.1, 0.15) is 119 Å². The number of allylic oxidation sites excluding steroid dienone is 1. The molecule has 33 heavy (non-hydrogen) atoms. The number of hydrogen-bond acceptors (Lipinski definition) is 2. The van der Waals surface area contributed by atoms with Crippen molar-refractivity contribution < 1.29 is 9.53 Å². The molecule has 0 radical (unpaired) electrons. The summed E-state index contributed by atoms with van der Waals surface area (Å²) in [6.07, 6.45) is 17.2. The third-order valence-electron chi connectivity index (χ3n) is 11.0. The topological polar surface area (TPSA) is 26.3 Å². The smallest absolute Gasteiger partial charge is 0.308 e. The average Bonchev–Trinajstić information content (AvgIpc) is 3.11. The van der Waals surface area contributed by atoms with E-state index in [1.165, 1.54) is 57.8 Å². The number of ether oxygens (including phenoxy) is 1. The van der Waals surface area contributed by atoms with Crippen LogP contribution in [0.25, 0.3) is 0 Å². The highest BCUT2D eigenvalue weighted by Crippen LogP contribution is 2.67. The van der Waals surface area contributed by atoms with Gasteiger partial charge in [-0.05, 0) is 91.3 Å². The van der Waals surface area contributed by atoms with Gasteiger partial charge >= 0.3 is 5.97 Å². The summed E-state index contributed by atoms with van der Waals surface area (Å²) in [5.41, 5.74) is 2.52. The maximum atomic E-state index is 12.2. The van der Waals surface area contributed by atoms with E-state index in [-0.39, 0.29) is 18.0 Å². The van der Waals surface area contributed by atoms with Crippen LogP contribution in [-0.4, -0.2) is 12.1 Å². The molecule has 0 aromatic carbocycles. The van der Waals surface area contributed by atoms with Gasteiger partial charge in [-0.15, -0.1) is 0 Å². The van der Waals surface area contributed by atoms with Gasteiger partial charge in [0.1, 0.15) is 6.10 Å². The van der Waals surface area contributed by atoms with E-state index in [9.17, 15) is 4.79 Å². The number of rotatable bonds is 7. The molecule has 188 valence electrons.